The highest BCUT2D eigenvalue weighted by molar-refractivity contribution is 5.64. The molecular weight excluding hydrogens is 381 g/mol. The molecule has 0 bridgehead atoms. The van der Waals surface area contributed by atoms with Crippen molar-refractivity contribution in [2.75, 3.05) is 11.9 Å². The second-order valence-corrected chi connectivity index (χ2v) is 7.73. The van der Waals surface area contributed by atoms with Crippen LogP contribution >= 0.6 is 0 Å². The molecule has 1 aliphatic heterocycles. The first-order chi connectivity index (χ1) is 14.6. The molecule has 4 aromatic rings. The first kappa shape index (κ1) is 18.6. The van der Waals surface area contributed by atoms with Gasteiger partial charge in [-0.15, -0.1) is 0 Å². The van der Waals surface area contributed by atoms with Crippen LogP contribution < -0.4 is 10.6 Å². The number of nitrogens with zero attached hydrogens (tertiary/aromatic N) is 5. The standard InChI is InChI=1S/C22H22FN7/c1-13(2)21-25-10-16-5-3-15(12-30(16)21)20-17(23)11-26-22(29-20)28-19-6-4-14-9-24-8-7-18(14)27-19/h3-6,10-13,24H,7-9H2,1-2H3,(H,26,27,28,29). The van der Waals surface area contributed by atoms with E-state index in [2.05, 4.69) is 44.4 Å². The average molecular weight is 403 g/mol. The van der Waals surface area contributed by atoms with Crippen LogP contribution in [0.3, 0.4) is 0 Å². The number of hydrogen-bond acceptors (Lipinski definition) is 6. The van der Waals surface area contributed by atoms with E-state index in [-0.39, 0.29) is 11.6 Å². The smallest absolute Gasteiger partial charge is 0.229 e. The third-order valence-corrected chi connectivity index (χ3v) is 5.25. The molecule has 0 saturated carbocycles. The van der Waals surface area contributed by atoms with Gasteiger partial charge < -0.3 is 15.0 Å². The summed E-state index contributed by atoms with van der Waals surface area (Å²) >= 11 is 0. The van der Waals surface area contributed by atoms with Crippen LogP contribution in [0.4, 0.5) is 16.2 Å². The van der Waals surface area contributed by atoms with Crippen molar-refractivity contribution in [1.29, 1.82) is 0 Å². The first-order valence-corrected chi connectivity index (χ1v) is 10.0. The minimum atomic E-state index is -0.476. The van der Waals surface area contributed by atoms with Gasteiger partial charge in [0.15, 0.2) is 5.82 Å². The van der Waals surface area contributed by atoms with Crippen LogP contribution in [0.5, 0.6) is 0 Å². The third kappa shape index (κ3) is 3.39. The highest BCUT2D eigenvalue weighted by Gasteiger charge is 2.15. The Kier molecular flexibility index (Phi) is 4.63. The number of nitrogens with one attached hydrogen (secondary N) is 2. The first-order valence-electron chi connectivity index (χ1n) is 10.0. The van der Waals surface area contributed by atoms with E-state index in [0.29, 0.717) is 17.3 Å². The molecule has 0 saturated heterocycles. The minimum absolute atomic E-state index is 0.236. The molecule has 0 amide bonds. The van der Waals surface area contributed by atoms with Gasteiger partial charge in [0.2, 0.25) is 5.95 Å². The lowest BCUT2D eigenvalue weighted by atomic mass is 10.1. The second kappa shape index (κ2) is 7.46. The number of fused-ring (bicyclic) bond motifs is 2. The van der Waals surface area contributed by atoms with Gasteiger partial charge in [-0.1, -0.05) is 19.9 Å². The molecule has 0 aliphatic carbocycles. The van der Waals surface area contributed by atoms with Crippen LogP contribution in [-0.2, 0) is 13.0 Å². The number of anilines is 2. The van der Waals surface area contributed by atoms with E-state index in [4.69, 9.17) is 0 Å². The lowest BCUT2D eigenvalue weighted by Crippen LogP contribution is -2.24. The van der Waals surface area contributed by atoms with Crippen LogP contribution in [0.15, 0.2) is 42.9 Å². The quantitative estimate of drug-likeness (QED) is 0.539. The maximum Gasteiger partial charge on any atom is 0.229 e. The zero-order valence-electron chi connectivity index (χ0n) is 16.9. The Hall–Kier alpha value is -3.39. The van der Waals surface area contributed by atoms with Crippen molar-refractivity contribution in [3.05, 3.63) is 65.8 Å². The molecule has 7 nitrogen and oxygen atoms in total. The molecule has 1 aliphatic rings. The van der Waals surface area contributed by atoms with Gasteiger partial charge >= 0.3 is 0 Å². The zero-order chi connectivity index (χ0) is 20.7. The molecule has 2 N–H and O–H groups in total. The fourth-order valence-corrected chi connectivity index (χ4v) is 3.73. The van der Waals surface area contributed by atoms with E-state index in [1.54, 1.807) is 0 Å². The van der Waals surface area contributed by atoms with Crippen molar-refractivity contribution in [2.45, 2.75) is 32.7 Å². The highest BCUT2D eigenvalue weighted by atomic mass is 19.1. The number of aromatic nitrogens is 5. The summed E-state index contributed by atoms with van der Waals surface area (Å²) in [4.78, 5) is 17.7. The summed E-state index contributed by atoms with van der Waals surface area (Å²) in [6.07, 6.45) is 5.76. The molecule has 152 valence electrons. The average Bonchev–Trinajstić information content (AvgIpc) is 3.18. The SMILES string of the molecule is CC(C)c1ncc2ccc(-c3nc(Nc4ccc5c(n4)CCNC5)ncc3F)cn12. The van der Waals surface area contributed by atoms with Crippen molar-refractivity contribution in [2.24, 2.45) is 0 Å². The van der Waals surface area contributed by atoms with E-state index in [0.717, 1.165) is 36.5 Å². The third-order valence-electron chi connectivity index (χ3n) is 5.25. The summed E-state index contributed by atoms with van der Waals surface area (Å²) in [6.45, 7) is 5.90. The number of rotatable bonds is 4. The molecule has 0 fully saturated rings. The molecule has 4 aromatic heterocycles. The molecule has 0 spiro atoms. The van der Waals surface area contributed by atoms with E-state index in [1.165, 1.54) is 11.8 Å². The molecule has 8 heteroatoms. The largest absolute Gasteiger partial charge is 0.312 e. The number of pyridine rings is 2. The summed E-state index contributed by atoms with van der Waals surface area (Å²) in [5.74, 6) is 1.66. The Labute approximate surface area is 173 Å². The van der Waals surface area contributed by atoms with Gasteiger partial charge in [0.05, 0.1) is 17.9 Å². The Morgan fingerprint density at radius 3 is 2.87 bits per heavy atom. The molecular formula is C22H22FN7. The van der Waals surface area contributed by atoms with Gasteiger partial charge in [0.25, 0.3) is 0 Å². The normalized spacial score (nSPS) is 13.6. The fraction of sp³-hybridized carbons (Fsp3) is 0.273. The Bertz CT molecular complexity index is 1230. The molecule has 5 heterocycles. The van der Waals surface area contributed by atoms with Gasteiger partial charge in [0, 0.05) is 42.9 Å². The summed E-state index contributed by atoms with van der Waals surface area (Å²) in [6, 6.07) is 7.70. The van der Waals surface area contributed by atoms with E-state index in [9.17, 15) is 4.39 Å². The zero-order valence-corrected chi connectivity index (χ0v) is 16.9. The number of imidazole rings is 1. The second-order valence-electron chi connectivity index (χ2n) is 7.73. The predicted molar refractivity (Wildman–Crippen MR) is 113 cm³/mol. The van der Waals surface area contributed by atoms with Gasteiger partial charge in [-0.2, -0.15) is 0 Å². The van der Waals surface area contributed by atoms with Gasteiger partial charge in [-0.3, -0.25) is 0 Å². The maximum absolute atomic E-state index is 14.6. The van der Waals surface area contributed by atoms with Crippen LogP contribution in [0.1, 0.15) is 36.8 Å². The molecule has 0 unspecified atom stereocenters. The van der Waals surface area contributed by atoms with Gasteiger partial charge in [-0.05, 0) is 23.8 Å². The maximum atomic E-state index is 14.6. The van der Waals surface area contributed by atoms with Crippen LogP contribution in [0.2, 0.25) is 0 Å². The van der Waals surface area contributed by atoms with Crippen LogP contribution in [-0.4, -0.2) is 30.9 Å². The van der Waals surface area contributed by atoms with Crippen molar-refractivity contribution in [1.82, 2.24) is 29.7 Å². The molecule has 0 atom stereocenters. The Morgan fingerprint density at radius 1 is 1.10 bits per heavy atom. The number of hydrogen-bond donors (Lipinski definition) is 2. The minimum Gasteiger partial charge on any atom is -0.312 e. The topological polar surface area (TPSA) is 80.0 Å². The van der Waals surface area contributed by atoms with Crippen molar-refractivity contribution < 1.29 is 4.39 Å². The van der Waals surface area contributed by atoms with E-state index in [1.807, 2.05) is 41.1 Å². The van der Waals surface area contributed by atoms with Crippen LogP contribution in [0.25, 0.3) is 16.8 Å². The summed E-state index contributed by atoms with van der Waals surface area (Å²) in [7, 11) is 0. The Balaban J connectivity index is 1.49. The van der Waals surface area contributed by atoms with Gasteiger partial charge in [-0.25, -0.2) is 24.3 Å². The molecule has 0 radical (unpaired) electrons. The molecule has 30 heavy (non-hydrogen) atoms. The highest BCUT2D eigenvalue weighted by Crippen LogP contribution is 2.25. The fourth-order valence-electron chi connectivity index (χ4n) is 3.73. The number of halogens is 1. The van der Waals surface area contributed by atoms with Crippen molar-refractivity contribution in [3.8, 4) is 11.3 Å². The monoisotopic (exact) mass is 403 g/mol. The molecule has 5 rings (SSSR count). The molecule has 0 aromatic carbocycles. The van der Waals surface area contributed by atoms with Crippen molar-refractivity contribution in [3.63, 3.8) is 0 Å². The summed E-state index contributed by atoms with van der Waals surface area (Å²) in [5, 5.41) is 6.44. The lowest BCUT2D eigenvalue weighted by Gasteiger charge is -2.17. The van der Waals surface area contributed by atoms with Gasteiger partial charge in [0.1, 0.15) is 17.3 Å². The summed E-state index contributed by atoms with van der Waals surface area (Å²) in [5.41, 5.74) is 4.12. The van der Waals surface area contributed by atoms with Crippen molar-refractivity contribution >= 4 is 17.3 Å². The Morgan fingerprint density at radius 2 is 2.00 bits per heavy atom. The lowest BCUT2D eigenvalue weighted by molar-refractivity contribution is 0.618. The predicted octanol–water partition coefficient (Wildman–Crippen LogP) is 3.84. The summed E-state index contributed by atoms with van der Waals surface area (Å²) < 4.78 is 16.6. The van der Waals surface area contributed by atoms with E-state index < -0.39 is 5.82 Å². The van der Waals surface area contributed by atoms with E-state index >= 15 is 0 Å². The van der Waals surface area contributed by atoms with Crippen LogP contribution in [0, 0.1) is 5.82 Å².